The maximum atomic E-state index is 11.2. The molecule has 50 heavy (non-hydrogen) atoms. The number of rotatable bonds is 23. The molecule has 0 amide bonds. The number of aliphatic hydroxyl groups excluding tert-OH is 2. The van der Waals surface area contributed by atoms with Crippen LogP contribution in [0.4, 0.5) is 0 Å². The summed E-state index contributed by atoms with van der Waals surface area (Å²) in [5.41, 5.74) is 1.80. The van der Waals surface area contributed by atoms with Crippen LogP contribution in [0, 0.1) is 0 Å². The fourth-order valence-corrected chi connectivity index (χ4v) is 13.6. The van der Waals surface area contributed by atoms with E-state index in [1.165, 1.54) is 48.9 Å². The summed E-state index contributed by atoms with van der Waals surface area (Å²) in [5.74, 6) is 0. The first-order chi connectivity index (χ1) is 23.7. The zero-order valence-corrected chi connectivity index (χ0v) is 34.4. The van der Waals surface area contributed by atoms with E-state index in [0.29, 0.717) is 6.61 Å². The molecule has 0 aliphatic rings. The SMILES string of the molecule is C=C(C[Si](C)(C)C)[C@@H](O)[C@@H](O)[C@@H](CCCCCCCCCC[C@H](C)O[Si](c1ccccc1)(c1ccccc1)C(C)(C)C)OCc1ccccc1. The third kappa shape index (κ3) is 13.3. The maximum Gasteiger partial charge on any atom is 0.261 e. The number of hydrogen-bond donors (Lipinski definition) is 2. The zero-order valence-electron chi connectivity index (χ0n) is 32.4. The summed E-state index contributed by atoms with van der Waals surface area (Å²) in [6, 6.07) is 32.8. The molecule has 276 valence electrons. The van der Waals surface area contributed by atoms with Gasteiger partial charge in [-0.2, -0.15) is 0 Å². The predicted octanol–water partition coefficient (Wildman–Crippen LogP) is 10.1. The highest BCUT2D eigenvalue weighted by molar-refractivity contribution is 6.99. The van der Waals surface area contributed by atoms with Gasteiger partial charge in [0.1, 0.15) is 12.2 Å². The Morgan fingerprint density at radius 1 is 0.680 bits per heavy atom. The van der Waals surface area contributed by atoms with Crippen molar-refractivity contribution < 1.29 is 19.4 Å². The molecule has 0 bridgehead atoms. The van der Waals surface area contributed by atoms with E-state index in [1.807, 2.05) is 30.3 Å². The van der Waals surface area contributed by atoms with Crippen molar-refractivity contribution in [3.8, 4) is 0 Å². The van der Waals surface area contributed by atoms with E-state index in [4.69, 9.17) is 9.16 Å². The molecule has 3 aromatic rings. The first-order valence-electron chi connectivity index (χ1n) is 19.2. The van der Waals surface area contributed by atoms with Crippen molar-refractivity contribution in [3.63, 3.8) is 0 Å². The van der Waals surface area contributed by atoms with Gasteiger partial charge < -0.3 is 19.4 Å². The van der Waals surface area contributed by atoms with Crippen LogP contribution in [0.15, 0.2) is 103 Å². The predicted molar refractivity (Wildman–Crippen MR) is 219 cm³/mol. The molecule has 6 heteroatoms. The number of hydrogen-bond acceptors (Lipinski definition) is 4. The third-order valence-electron chi connectivity index (χ3n) is 9.83. The van der Waals surface area contributed by atoms with Gasteiger partial charge in [-0.15, -0.1) is 0 Å². The lowest BCUT2D eigenvalue weighted by Crippen LogP contribution is -2.67. The van der Waals surface area contributed by atoms with Gasteiger partial charge in [0.2, 0.25) is 0 Å². The summed E-state index contributed by atoms with van der Waals surface area (Å²) in [7, 11) is -3.96. The lowest BCUT2D eigenvalue weighted by Gasteiger charge is -2.44. The van der Waals surface area contributed by atoms with Crippen molar-refractivity contribution in [2.45, 2.75) is 154 Å². The molecule has 3 rings (SSSR count). The Bertz CT molecular complexity index is 1310. The third-order valence-corrected chi connectivity index (χ3v) is 16.5. The van der Waals surface area contributed by atoms with Crippen LogP contribution >= 0.6 is 0 Å². The Kier molecular flexibility index (Phi) is 17.4. The van der Waals surface area contributed by atoms with E-state index in [9.17, 15) is 10.2 Å². The summed E-state index contributed by atoms with van der Waals surface area (Å²) in [4.78, 5) is 0. The van der Waals surface area contributed by atoms with Crippen molar-refractivity contribution >= 4 is 26.8 Å². The summed E-state index contributed by atoms with van der Waals surface area (Å²) in [5, 5.41) is 24.8. The molecule has 0 aromatic heterocycles. The van der Waals surface area contributed by atoms with Gasteiger partial charge in [0, 0.05) is 14.2 Å². The first kappa shape index (κ1) is 42.1. The second-order valence-corrected chi connectivity index (χ2v) is 26.4. The molecule has 0 radical (unpaired) electrons. The van der Waals surface area contributed by atoms with Crippen molar-refractivity contribution in [3.05, 3.63) is 109 Å². The minimum absolute atomic E-state index is 0.00184. The number of benzene rings is 3. The van der Waals surface area contributed by atoms with Gasteiger partial charge in [-0.25, -0.2) is 0 Å². The van der Waals surface area contributed by atoms with Crippen molar-refractivity contribution in [2.75, 3.05) is 0 Å². The van der Waals surface area contributed by atoms with Crippen LogP contribution in [-0.2, 0) is 15.8 Å². The molecule has 0 heterocycles. The van der Waals surface area contributed by atoms with Crippen LogP contribution in [0.25, 0.3) is 0 Å². The monoisotopic (exact) mass is 716 g/mol. The molecule has 0 aliphatic carbocycles. The van der Waals surface area contributed by atoms with Crippen LogP contribution in [0.5, 0.6) is 0 Å². The lowest BCUT2D eigenvalue weighted by molar-refractivity contribution is -0.0893. The molecule has 0 aliphatic heterocycles. The van der Waals surface area contributed by atoms with Gasteiger partial charge in [-0.1, -0.05) is 189 Å². The van der Waals surface area contributed by atoms with Crippen LogP contribution in [0.1, 0.15) is 97.5 Å². The Balaban J connectivity index is 1.42. The average molecular weight is 717 g/mol. The highest BCUT2D eigenvalue weighted by Gasteiger charge is 2.50. The van der Waals surface area contributed by atoms with E-state index in [0.717, 1.165) is 42.9 Å². The van der Waals surface area contributed by atoms with Crippen molar-refractivity contribution in [2.24, 2.45) is 0 Å². The summed E-state index contributed by atoms with van der Waals surface area (Å²) in [6.07, 6.45) is 9.05. The quantitative estimate of drug-likeness (QED) is 0.0583. The standard InChI is InChI=1S/C44H68O4Si2/c1-36(35-49(6,7)8)42(45)43(46)41(47-34-38-27-19-15-20-28-38)33-25-14-12-10-9-11-13-18-26-37(2)48-50(44(3,4)5,39-29-21-16-22-30-39)40-31-23-17-24-32-40/h15-17,19-24,27-32,37,41-43,45-46H,1,9-14,18,25-26,33-35H2,2-8H3/t37-,41+,42+,43-/m0/s1. The molecule has 0 spiro atoms. The maximum absolute atomic E-state index is 11.2. The first-order valence-corrected chi connectivity index (χ1v) is 24.8. The minimum atomic E-state index is -2.51. The lowest BCUT2D eigenvalue weighted by atomic mass is 9.97. The van der Waals surface area contributed by atoms with E-state index in [1.54, 1.807) is 0 Å². The zero-order chi connectivity index (χ0) is 36.6. The average Bonchev–Trinajstić information content (AvgIpc) is 3.08. The molecule has 4 atom stereocenters. The van der Waals surface area contributed by atoms with E-state index in [-0.39, 0.29) is 11.1 Å². The molecular formula is C44H68O4Si2. The largest absolute Gasteiger partial charge is 0.405 e. The van der Waals surface area contributed by atoms with E-state index < -0.39 is 34.7 Å². The summed E-state index contributed by atoms with van der Waals surface area (Å²) in [6.45, 7) is 20.7. The van der Waals surface area contributed by atoms with Crippen LogP contribution in [-0.4, -0.2) is 51.0 Å². The molecular weight excluding hydrogens is 649 g/mol. The Morgan fingerprint density at radius 2 is 1.12 bits per heavy atom. The van der Waals surface area contributed by atoms with Gasteiger partial charge in [0.25, 0.3) is 8.32 Å². The van der Waals surface area contributed by atoms with E-state index in [2.05, 4.69) is 115 Å². The van der Waals surface area contributed by atoms with Gasteiger partial charge in [-0.3, -0.25) is 0 Å². The molecule has 0 unspecified atom stereocenters. The van der Waals surface area contributed by atoms with Gasteiger partial charge in [-0.05, 0) is 52.4 Å². The summed E-state index contributed by atoms with van der Waals surface area (Å²) < 4.78 is 13.5. The fraction of sp³-hybridized carbons (Fsp3) is 0.545. The Morgan fingerprint density at radius 3 is 1.58 bits per heavy atom. The molecule has 2 N–H and O–H groups in total. The Labute approximate surface area is 307 Å². The normalized spacial score (nSPS) is 15.0. The fourth-order valence-electron chi connectivity index (χ4n) is 7.25. The molecule has 0 saturated heterocycles. The molecule has 4 nitrogen and oxygen atoms in total. The van der Waals surface area contributed by atoms with Gasteiger partial charge in [0.15, 0.2) is 0 Å². The number of ether oxygens (including phenoxy) is 1. The minimum Gasteiger partial charge on any atom is -0.405 e. The van der Waals surface area contributed by atoms with Gasteiger partial charge in [0.05, 0.1) is 12.7 Å². The van der Waals surface area contributed by atoms with Crippen molar-refractivity contribution in [1.29, 1.82) is 0 Å². The summed E-state index contributed by atoms with van der Waals surface area (Å²) >= 11 is 0. The highest BCUT2D eigenvalue weighted by Crippen LogP contribution is 2.38. The smallest absolute Gasteiger partial charge is 0.261 e. The second kappa shape index (κ2) is 20.6. The molecule has 0 fully saturated rings. The van der Waals surface area contributed by atoms with Crippen LogP contribution in [0.3, 0.4) is 0 Å². The number of aliphatic hydroxyl groups is 2. The number of unbranched alkanes of at least 4 members (excludes halogenated alkanes) is 7. The van der Waals surface area contributed by atoms with Crippen LogP contribution in [0.2, 0.25) is 30.7 Å². The second-order valence-electron chi connectivity index (χ2n) is 16.7. The molecule has 3 aromatic carbocycles. The van der Waals surface area contributed by atoms with Crippen LogP contribution < -0.4 is 10.4 Å². The van der Waals surface area contributed by atoms with Crippen molar-refractivity contribution in [1.82, 2.24) is 0 Å². The van der Waals surface area contributed by atoms with E-state index >= 15 is 0 Å². The topological polar surface area (TPSA) is 58.9 Å². The van der Waals surface area contributed by atoms with Gasteiger partial charge >= 0.3 is 0 Å². The highest BCUT2D eigenvalue weighted by atomic mass is 28.4. The molecule has 0 saturated carbocycles. The Hall–Kier alpha value is -2.33.